The third-order valence-corrected chi connectivity index (χ3v) is 1.61. The van der Waals surface area contributed by atoms with Crippen LogP contribution in [0.4, 0.5) is 30.7 Å². The van der Waals surface area contributed by atoms with Gasteiger partial charge in [-0.05, 0) is 0 Å². The zero-order chi connectivity index (χ0) is 12.8. The fourth-order valence-electron chi connectivity index (χ4n) is 0.827. The number of ether oxygens (including phenoxy) is 3. The quantitative estimate of drug-likeness (QED) is 0.711. The Morgan fingerprint density at radius 1 is 1.19 bits per heavy atom. The van der Waals surface area contributed by atoms with Gasteiger partial charge in [0, 0.05) is 7.11 Å². The molecular weight excluding hydrogens is 253 g/mol. The highest BCUT2D eigenvalue weighted by Crippen LogP contribution is 2.53. The predicted octanol–water partition coefficient (Wildman–Crippen LogP) is 2.60. The summed E-state index contributed by atoms with van der Waals surface area (Å²) < 4.78 is 96.4. The Labute approximate surface area is 83.4 Å². The van der Waals surface area contributed by atoms with Crippen LogP contribution in [-0.4, -0.2) is 25.2 Å². The van der Waals surface area contributed by atoms with Crippen molar-refractivity contribution in [2.24, 2.45) is 0 Å². The zero-order valence-corrected chi connectivity index (χ0v) is 7.37. The molecule has 1 rings (SSSR count). The minimum atomic E-state index is -5.31. The third kappa shape index (κ3) is 1.56. The lowest BCUT2D eigenvalue weighted by molar-refractivity contribution is -0.422. The molecule has 1 saturated heterocycles. The van der Waals surface area contributed by atoms with Gasteiger partial charge in [-0.2, -0.15) is 30.7 Å². The molecule has 0 aromatic carbocycles. The van der Waals surface area contributed by atoms with Crippen molar-refractivity contribution in [1.29, 1.82) is 0 Å². The molecule has 0 amide bonds. The molecule has 0 spiro atoms. The van der Waals surface area contributed by atoms with E-state index in [4.69, 9.17) is 0 Å². The van der Waals surface area contributed by atoms with Crippen molar-refractivity contribution in [2.75, 3.05) is 7.11 Å². The number of methoxy groups -OCH3 is 1. The van der Waals surface area contributed by atoms with Gasteiger partial charge in [-0.1, -0.05) is 0 Å². The first-order chi connectivity index (χ1) is 7.07. The Hall–Kier alpha value is -1.19. The first kappa shape index (κ1) is 12.9. The normalized spacial score (nSPS) is 28.6. The van der Waals surface area contributed by atoms with Gasteiger partial charge in [0.05, 0.1) is 0 Å². The third-order valence-electron chi connectivity index (χ3n) is 1.61. The molecule has 0 aromatic heterocycles. The highest BCUT2D eigenvalue weighted by atomic mass is 19.3. The van der Waals surface area contributed by atoms with Crippen LogP contribution < -0.4 is 0 Å². The molecule has 1 unspecified atom stereocenters. The zero-order valence-electron chi connectivity index (χ0n) is 7.37. The Kier molecular flexibility index (Phi) is 2.74. The van der Waals surface area contributed by atoms with E-state index in [1.807, 2.05) is 0 Å². The smallest absolute Gasteiger partial charge is 0.408 e. The number of hydrogen-bond donors (Lipinski definition) is 0. The van der Waals surface area contributed by atoms with Gasteiger partial charge in [0.25, 0.3) is 0 Å². The summed E-state index contributed by atoms with van der Waals surface area (Å²) in [5, 5.41) is 0. The van der Waals surface area contributed by atoms with E-state index in [1.54, 1.807) is 0 Å². The monoisotopic (exact) mass is 256 g/mol. The van der Waals surface area contributed by atoms with E-state index in [1.165, 1.54) is 0 Å². The number of alkyl halides is 5. The van der Waals surface area contributed by atoms with E-state index in [2.05, 4.69) is 14.2 Å². The van der Waals surface area contributed by atoms with Crippen LogP contribution >= 0.6 is 0 Å². The van der Waals surface area contributed by atoms with Gasteiger partial charge < -0.3 is 14.2 Å². The van der Waals surface area contributed by atoms with Crippen molar-refractivity contribution >= 4 is 0 Å². The average Bonchev–Trinajstić information content (AvgIpc) is 2.39. The Bertz CT molecular complexity index is 324. The molecule has 94 valence electrons. The molecule has 1 atom stereocenters. The van der Waals surface area contributed by atoms with Crippen LogP contribution in [0.5, 0.6) is 0 Å². The second-order valence-corrected chi connectivity index (χ2v) is 2.58. The van der Waals surface area contributed by atoms with E-state index in [9.17, 15) is 30.7 Å². The van der Waals surface area contributed by atoms with Crippen molar-refractivity contribution in [3.63, 3.8) is 0 Å². The van der Waals surface area contributed by atoms with Gasteiger partial charge >= 0.3 is 30.1 Å². The van der Waals surface area contributed by atoms with Gasteiger partial charge in [-0.15, -0.1) is 0 Å². The lowest BCUT2D eigenvalue weighted by atomic mass is 10.2. The van der Waals surface area contributed by atoms with Crippen LogP contribution in [0.1, 0.15) is 0 Å². The first-order valence-electron chi connectivity index (χ1n) is 3.50. The fourth-order valence-corrected chi connectivity index (χ4v) is 0.827. The minimum absolute atomic E-state index is 0.189. The van der Waals surface area contributed by atoms with E-state index in [0.717, 1.165) is 0 Å². The van der Waals surface area contributed by atoms with Crippen LogP contribution in [0.3, 0.4) is 0 Å². The molecule has 1 fully saturated rings. The van der Waals surface area contributed by atoms with E-state index in [-0.39, 0.29) is 7.11 Å². The minimum Gasteiger partial charge on any atom is -0.408 e. The standard InChI is InChI=1S/C6H3F7O3/c1-14-5(10,11)4(9)6(12,13)16-3(15-4)2(7)8/h1H3. The van der Waals surface area contributed by atoms with Gasteiger partial charge in [-0.25, -0.2) is 0 Å². The molecule has 1 heterocycles. The summed E-state index contributed by atoms with van der Waals surface area (Å²) >= 11 is 0. The summed E-state index contributed by atoms with van der Waals surface area (Å²) in [6, 6.07) is 0. The maximum Gasteiger partial charge on any atom is 0.483 e. The Morgan fingerprint density at radius 2 is 1.69 bits per heavy atom. The second-order valence-electron chi connectivity index (χ2n) is 2.58. The molecule has 0 radical (unpaired) electrons. The first-order valence-corrected chi connectivity index (χ1v) is 3.50. The molecule has 1 aliphatic heterocycles. The molecule has 16 heavy (non-hydrogen) atoms. The SMILES string of the molecule is COC(F)(F)C1(F)OC(=C(F)F)OC1(F)F. The summed E-state index contributed by atoms with van der Waals surface area (Å²) in [7, 11) is 0.189. The van der Waals surface area contributed by atoms with Crippen LogP contribution in [0.15, 0.2) is 12.0 Å². The molecular formula is C6H3F7O3. The summed E-state index contributed by atoms with van der Waals surface area (Å²) in [5.41, 5.74) is 0. The summed E-state index contributed by atoms with van der Waals surface area (Å²) in [5.74, 6) is -7.47. The van der Waals surface area contributed by atoms with Crippen LogP contribution in [0.2, 0.25) is 0 Å². The summed E-state index contributed by atoms with van der Waals surface area (Å²) in [4.78, 5) is 0. The van der Waals surface area contributed by atoms with Crippen molar-refractivity contribution in [3.05, 3.63) is 12.0 Å². The van der Waals surface area contributed by atoms with Gasteiger partial charge in [0.15, 0.2) is 0 Å². The number of hydrogen-bond acceptors (Lipinski definition) is 3. The largest absolute Gasteiger partial charge is 0.483 e. The molecule has 10 heteroatoms. The van der Waals surface area contributed by atoms with Crippen molar-refractivity contribution in [3.8, 4) is 0 Å². The molecule has 0 aromatic rings. The average molecular weight is 256 g/mol. The molecule has 0 aliphatic carbocycles. The van der Waals surface area contributed by atoms with Crippen LogP contribution in [0.25, 0.3) is 0 Å². The maximum atomic E-state index is 13.1. The van der Waals surface area contributed by atoms with Crippen molar-refractivity contribution in [2.45, 2.75) is 18.1 Å². The number of halogens is 7. The van der Waals surface area contributed by atoms with E-state index >= 15 is 0 Å². The maximum absolute atomic E-state index is 13.1. The number of rotatable bonds is 2. The van der Waals surface area contributed by atoms with Crippen molar-refractivity contribution in [1.82, 2.24) is 0 Å². The van der Waals surface area contributed by atoms with E-state index < -0.39 is 30.1 Å². The fraction of sp³-hybridized carbons (Fsp3) is 0.667. The molecule has 0 bridgehead atoms. The topological polar surface area (TPSA) is 27.7 Å². The molecule has 1 aliphatic rings. The summed E-state index contributed by atoms with van der Waals surface area (Å²) in [6.07, 6.45) is -13.5. The predicted molar refractivity (Wildman–Crippen MR) is 32.2 cm³/mol. The van der Waals surface area contributed by atoms with Gasteiger partial charge in [0.2, 0.25) is 0 Å². The highest BCUT2D eigenvalue weighted by Gasteiger charge is 2.81. The van der Waals surface area contributed by atoms with Gasteiger partial charge in [-0.3, -0.25) is 0 Å². The van der Waals surface area contributed by atoms with Crippen molar-refractivity contribution < 1.29 is 44.9 Å². The molecule has 0 N–H and O–H groups in total. The lowest BCUT2D eigenvalue weighted by Crippen LogP contribution is -2.56. The van der Waals surface area contributed by atoms with Crippen LogP contribution in [-0.2, 0) is 14.2 Å². The highest BCUT2D eigenvalue weighted by molar-refractivity contribution is 5.01. The lowest BCUT2D eigenvalue weighted by Gasteiger charge is -2.27. The Morgan fingerprint density at radius 3 is 2.00 bits per heavy atom. The summed E-state index contributed by atoms with van der Waals surface area (Å²) in [6.45, 7) is 0. The Balaban J connectivity index is 3.20. The molecule has 3 nitrogen and oxygen atoms in total. The van der Waals surface area contributed by atoms with E-state index in [0.29, 0.717) is 0 Å². The second kappa shape index (κ2) is 3.40. The van der Waals surface area contributed by atoms with Crippen LogP contribution in [0, 0.1) is 0 Å². The van der Waals surface area contributed by atoms with Gasteiger partial charge in [0.1, 0.15) is 0 Å². The molecule has 0 saturated carbocycles.